The number of esters is 1. The molecule has 4 rings (SSSR count). The van der Waals surface area contributed by atoms with Crippen LogP contribution in [-0.4, -0.2) is 24.0 Å². The van der Waals surface area contributed by atoms with Crippen LogP contribution in [0.2, 0.25) is 0 Å². The third-order valence-electron chi connectivity index (χ3n) is 5.42. The summed E-state index contributed by atoms with van der Waals surface area (Å²) in [6.45, 7) is 2.05. The minimum Gasteiger partial charge on any atom is -0.497 e. The number of anilines is 1. The van der Waals surface area contributed by atoms with Crippen LogP contribution in [0.3, 0.4) is 0 Å². The van der Waals surface area contributed by atoms with Crippen LogP contribution in [0.25, 0.3) is 0 Å². The number of ether oxygens (including phenoxy) is 2. The Morgan fingerprint density at radius 1 is 1.16 bits per heavy atom. The van der Waals surface area contributed by atoms with E-state index in [0.717, 1.165) is 22.0 Å². The number of piperidine rings is 1. The summed E-state index contributed by atoms with van der Waals surface area (Å²) < 4.78 is 10.9. The number of thiazole rings is 1. The summed E-state index contributed by atoms with van der Waals surface area (Å²) in [4.78, 5) is 32.2. The van der Waals surface area contributed by atoms with Gasteiger partial charge in [-0.05, 0) is 43.2 Å². The Labute approximate surface area is 185 Å². The van der Waals surface area contributed by atoms with E-state index in [1.807, 2.05) is 66.9 Å². The largest absolute Gasteiger partial charge is 0.497 e. The summed E-state index contributed by atoms with van der Waals surface area (Å²) in [6.07, 6.45) is 0.727. The van der Waals surface area contributed by atoms with Crippen LogP contribution in [-0.2, 0) is 20.9 Å². The molecule has 1 fully saturated rings. The van der Waals surface area contributed by atoms with Crippen molar-refractivity contribution in [3.8, 4) is 5.75 Å². The standard InChI is InChI=1S/C24H24N2O4S/c1-16-25-18(15-31-16)14-30-24(28)21-12-13-22(27)26(19-8-10-20(29-2)11-9-19)23(21)17-6-4-3-5-7-17/h3-11,15,21,23H,12-14H2,1-2H3/t21-,23-/m0/s1. The van der Waals surface area contributed by atoms with E-state index < -0.39 is 12.0 Å². The van der Waals surface area contributed by atoms with Gasteiger partial charge >= 0.3 is 5.97 Å². The highest BCUT2D eigenvalue weighted by Gasteiger charge is 2.42. The second-order valence-corrected chi connectivity index (χ2v) is 8.49. The zero-order valence-corrected chi connectivity index (χ0v) is 18.3. The molecular formula is C24H24N2O4S. The zero-order chi connectivity index (χ0) is 21.8. The van der Waals surface area contributed by atoms with Crippen molar-refractivity contribution in [3.63, 3.8) is 0 Å². The molecule has 2 heterocycles. The summed E-state index contributed by atoms with van der Waals surface area (Å²) in [5, 5.41) is 2.83. The second-order valence-electron chi connectivity index (χ2n) is 7.43. The highest BCUT2D eigenvalue weighted by atomic mass is 32.1. The molecule has 2 atom stereocenters. The monoisotopic (exact) mass is 436 g/mol. The van der Waals surface area contributed by atoms with E-state index in [1.54, 1.807) is 12.0 Å². The average molecular weight is 437 g/mol. The Bertz CT molecular complexity index is 1050. The fourth-order valence-corrected chi connectivity index (χ4v) is 4.54. The fraction of sp³-hybridized carbons (Fsp3) is 0.292. The number of benzene rings is 2. The van der Waals surface area contributed by atoms with Gasteiger partial charge in [-0.1, -0.05) is 30.3 Å². The van der Waals surface area contributed by atoms with E-state index in [2.05, 4.69) is 4.98 Å². The minimum absolute atomic E-state index is 0.0156. The maximum Gasteiger partial charge on any atom is 0.311 e. The second kappa shape index (κ2) is 9.31. The van der Waals surface area contributed by atoms with Crippen molar-refractivity contribution in [3.05, 3.63) is 76.2 Å². The predicted octanol–water partition coefficient (Wildman–Crippen LogP) is 4.69. The molecule has 0 spiro atoms. The van der Waals surface area contributed by atoms with E-state index in [-0.39, 0.29) is 24.9 Å². The van der Waals surface area contributed by atoms with Gasteiger partial charge in [0.25, 0.3) is 0 Å². The summed E-state index contributed by atoms with van der Waals surface area (Å²) >= 11 is 1.52. The summed E-state index contributed by atoms with van der Waals surface area (Å²) in [5.74, 6) is -0.0929. The molecule has 0 N–H and O–H groups in total. The van der Waals surface area contributed by atoms with Crippen molar-refractivity contribution in [1.82, 2.24) is 4.98 Å². The Morgan fingerprint density at radius 2 is 1.90 bits per heavy atom. The van der Waals surface area contributed by atoms with E-state index in [1.165, 1.54) is 11.3 Å². The van der Waals surface area contributed by atoms with Crippen molar-refractivity contribution in [2.24, 2.45) is 5.92 Å². The van der Waals surface area contributed by atoms with Crippen LogP contribution in [0.1, 0.15) is 35.1 Å². The number of nitrogens with zero attached hydrogens (tertiary/aromatic N) is 2. The van der Waals surface area contributed by atoms with Gasteiger partial charge in [0.05, 0.1) is 29.8 Å². The topological polar surface area (TPSA) is 68.7 Å². The lowest BCUT2D eigenvalue weighted by Gasteiger charge is -2.40. The summed E-state index contributed by atoms with van der Waals surface area (Å²) in [6, 6.07) is 16.5. The number of aryl methyl sites for hydroxylation is 1. The van der Waals surface area contributed by atoms with Crippen molar-refractivity contribution in [2.45, 2.75) is 32.4 Å². The van der Waals surface area contributed by atoms with Gasteiger partial charge in [0, 0.05) is 17.5 Å². The molecule has 7 heteroatoms. The summed E-state index contributed by atoms with van der Waals surface area (Å²) in [7, 11) is 1.60. The molecule has 0 bridgehead atoms. The SMILES string of the molecule is COc1ccc(N2C(=O)CC[C@H](C(=O)OCc3csc(C)n3)[C@@H]2c2ccccc2)cc1. The van der Waals surface area contributed by atoms with Crippen LogP contribution in [0.4, 0.5) is 5.69 Å². The highest BCUT2D eigenvalue weighted by Crippen LogP contribution is 2.41. The van der Waals surface area contributed by atoms with Crippen molar-refractivity contribution in [1.29, 1.82) is 0 Å². The lowest BCUT2D eigenvalue weighted by molar-refractivity contribution is -0.152. The number of carbonyl (C=O) groups excluding carboxylic acids is 2. The van der Waals surface area contributed by atoms with Gasteiger partial charge in [0.2, 0.25) is 5.91 Å². The molecule has 0 radical (unpaired) electrons. The normalized spacial score (nSPS) is 18.6. The maximum absolute atomic E-state index is 13.1. The van der Waals surface area contributed by atoms with Crippen molar-refractivity contribution in [2.75, 3.05) is 12.0 Å². The maximum atomic E-state index is 13.1. The van der Waals surface area contributed by atoms with Crippen LogP contribution < -0.4 is 9.64 Å². The molecule has 0 unspecified atom stereocenters. The zero-order valence-electron chi connectivity index (χ0n) is 17.5. The van der Waals surface area contributed by atoms with E-state index in [4.69, 9.17) is 9.47 Å². The van der Waals surface area contributed by atoms with Crippen LogP contribution >= 0.6 is 11.3 Å². The van der Waals surface area contributed by atoms with Gasteiger partial charge in [-0.3, -0.25) is 9.59 Å². The van der Waals surface area contributed by atoms with Crippen molar-refractivity contribution >= 4 is 28.9 Å². The number of amides is 1. The van der Waals surface area contributed by atoms with Crippen LogP contribution in [0.15, 0.2) is 60.0 Å². The molecule has 1 amide bonds. The quantitative estimate of drug-likeness (QED) is 0.525. The highest BCUT2D eigenvalue weighted by molar-refractivity contribution is 7.09. The molecular weight excluding hydrogens is 412 g/mol. The Morgan fingerprint density at radius 3 is 2.55 bits per heavy atom. The molecule has 6 nitrogen and oxygen atoms in total. The van der Waals surface area contributed by atoms with Gasteiger partial charge in [0.1, 0.15) is 12.4 Å². The third kappa shape index (κ3) is 4.61. The van der Waals surface area contributed by atoms with Gasteiger partial charge < -0.3 is 14.4 Å². The number of methoxy groups -OCH3 is 1. The molecule has 160 valence electrons. The lowest BCUT2D eigenvalue weighted by atomic mass is 9.84. The van der Waals surface area contributed by atoms with E-state index >= 15 is 0 Å². The molecule has 1 saturated heterocycles. The van der Waals surface area contributed by atoms with Crippen molar-refractivity contribution < 1.29 is 19.1 Å². The molecule has 0 aliphatic carbocycles. The smallest absolute Gasteiger partial charge is 0.311 e. The van der Waals surface area contributed by atoms with Crippen LogP contribution in [0, 0.1) is 12.8 Å². The molecule has 0 saturated carbocycles. The number of hydrogen-bond acceptors (Lipinski definition) is 6. The summed E-state index contributed by atoms with van der Waals surface area (Å²) in [5.41, 5.74) is 2.37. The average Bonchev–Trinajstić information content (AvgIpc) is 3.23. The van der Waals surface area contributed by atoms with Crippen LogP contribution in [0.5, 0.6) is 5.75 Å². The Kier molecular flexibility index (Phi) is 6.32. The predicted molar refractivity (Wildman–Crippen MR) is 119 cm³/mol. The van der Waals surface area contributed by atoms with E-state index in [0.29, 0.717) is 12.2 Å². The molecule has 31 heavy (non-hydrogen) atoms. The number of hydrogen-bond donors (Lipinski definition) is 0. The fourth-order valence-electron chi connectivity index (χ4n) is 3.94. The molecule has 1 aliphatic heterocycles. The van der Waals surface area contributed by atoms with Gasteiger partial charge in [-0.25, -0.2) is 4.98 Å². The van der Waals surface area contributed by atoms with Gasteiger partial charge in [-0.15, -0.1) is 11.3 Å². The first-order valence-corrected chi connectivity index (χ1v) is 11.0. The Balaban J connectivity index is 1.64. The number of rotatable bonds is 6. The van der Waals surface area contributed by atoms with Gasteiger partial charge in [-0.2, -0.15) is 0 Å². The minimum atomic E-state index is -0.470. The van der Waals surface area contributed by atoms with Gasteiger partial charge in [0.15, 0.2) is 0 Å². The lowest BCUT2D eigenvalue weighted by Crippen LogP contribution is -2.46. The number of aromatic nitrogens is 1. The number of carbonyl (C=O) groups is 2. The first kappa shape index (κ1) is 21.1. The molecule has 2 aromatic carbocycles. The molecule has 3 aromatic rings. The Hall–Kier alpha value is -3.19. The third-order valence-corrected chi connectivity index (χ3v) is 6.24. The first-order valence-electron chi connectivity index (χ1n) is 10.2. The molecule has 1 aliphatic rings. The molecule has 1 aromatic heterocycles. The first-order chi connectivity index (χ1) is 15.1. The van der Waals surface area contributed by atoms with E-state index in [9.17, 15) is 9.59 Å².